The van der Waals surface area contributed by atoms with Crippen LogP contribution in [-0.2, 0) is 0 Å². The molecule has 0 fully saturated rings. The zero-order valence-corrected chi connectivity index (χ0v) is 18.1. The van der Waals surface area contributed by atoms with E-state index in [9.17, 15) is 9.59 Å². The van der Waals surface area contributed by atoms with Gasteiger partial charge in [0.1, 0.15) is 0 Å². The lowest BCUT2D eigenvalue weighted by molar-refractivity contribution is 0.0729. The zero-order chi connectivity index (χ0) is 21.5. The molecular formula is C22H16BrClN2O4. The summed E-state index contributed by atoms with van der Waals surface area (Å²) in [5.74, 6) is -0.281. The predicted molar refractivity (Wildman–Crippen MR) is 119 cm³/mol. The molecule has 0 saturated heterocycles. The quantitative estimate of drug-likeness (QED) is 0.227. The number of hydrogen-bond acceptors (Lipinski definition) is 5. The molecule has 0 spiro atoms. The average molecular weight is 488 g/mol. The summed E-state index contributed by atoms with van der Waals surface area (Å²) in [6.45, 7) is 0. The van der Waals surface area contributed by atoms with Gasteiger partial charge in [0.15, 0.2) is 11.5 Å². The average Bonchev–Trinajstić information content (AvgIpc) is 2.75. The molecule has 0 aliphatic heterocycles. The van der Waals surface area contributed by atoms with Gasteiger partial charge in [0.05, 0.1) is 24.5 Å². The molecule has 3 aromatic carbocycles. The molecule has 0 aliphatic rings. The molecule has 0 aliphatic carbocycles. The third-order valence-corrected chi connectivity index (χ3v) is 4.91. The molecule has 0 bridgehead atoms. The SMILES string of the molecule is COc1cc(C=NNC(=O)c2ccccc2Br)ccc1OC(=O)c1ccc(Cl)cc1. The van der Waals surface area contributed by atoms with Crippen molar-refractivity contribution in [3.8, 4) is 11.5 Å². The van der Waals surface area contributed by atoms with Gasteiger partial charge in [-0.15, -0.1) is 0 Å². The number of carbonyl (C=O) groups is 2. The van der Waals surface area contributed by atoms with Crippen LogP contribution in [0.15, 0.2) is 76.3 Å². The van der Waals surface area contributed by atoms with Crippen LogP contribution in [0, 0.1) is 0 Å². The molecule has 0 atom stereocenters. The Bertz CT molecular complexity index is 1100. The van der Waals surface area contributed by atoms with Crippen LogP contribution >= 0.6 is 27.5 Å². The minimum absolute atomic E-state index is 0.256. The first-order chi connectivity index (χ1) is 14.5. The summed E-state index contributed by atoms with van der Waals surface area (Å²) in [7, 11) is 1.46. The van der Waals surface area contributed by atoms with Crippen molar-refractivity contribution in [1.82, 2.24) is 5.43 Å². The van der Waals surface area contributed by atoms with Crippen LogP contribution in [0.5, 0.6) is 11.5 Å². The van der Waals surface area contributed by atoms with Gasteiger partial charge in [0.2, 0.25) is 0 Å². The van der Waals surface area contributed by atoms with Gasteiger partial charge in [-0.2, -0.15) is 5.10 Å². The van der Waals surface area contributed by atoms with E-state index in [2.05, 4.69) is 26.5 Å². The molecule has 6 nitrogen and oxygen atoms in total. The van der Waals surface area contributed by atoms with Crippen LogP contribution in [0.4, 0.5) is 0 Å². The maximum atomic E-state index is 12.3. The highest BCUT2D eigenvalue weighted by molar-refractivity contribution is 9.10. The van der Waals surface area contributed by atoms with Gasteiger partial charge >= 0.3 is 5.97 Å². The summed E-state index contributed by atoms with van der Waals surface area (Å²) in [6.07, 6.45) is 1.46. The fourth-order valence-electron chi connectivity index (χ4n) is 2.46. The van der Waals surface area contributed by atoms with Crippen LogP contribution in [-0.4, -0.2) is 25.2 Å². The number of nitrogens with zero attached hydrogens (tertiary/aromatic N) is 1. The fraction of sp³-hybridized carbons (Fsp3) is 0.0455. The van der Waals surface area contributed by atoms with Crippen molar-refractivity contribution in [3.63, 3.8) is 0 Å². The third kappa shape index (κ3) is 5.46. The van der Waals surface area contributed by atoms with Gasteiger partial charge in [-0.25, -0.2) is 10.2 Å². The summed E-state index contributed by atoms with van der Waals surface area (Å²) in [5.41, 5.74) is 3.94. The Morgan fingerprint density at radius 3 is 2.47 bits per heavy atom. The van der Waals surface area contributed by atoms with Crippen LogP contribution in [0.25, 0.3) is 0 Å². The molecule has 3 rings (SSSR count). The second-order valence-corrected chi connectivity index (χ2v) is 7.28. The Morgan fingerprint density at radius 1 is 1.03 bits per heavy atom. The van der Waals surface area contributed by atoms with Crippen molar-refractivity contribution in [2.24, 2.45) is 5.10 Å². The number of ether oxygens (including phenoxy) is 2. The Hall–Kier alpha value is -3.16. The van der Waals surface area contributed by atoms with Gasteiger partial charge in [-0.1, -0.05) is 23.7 Å². The van der Waals surface area contributed by atoms with Crippen molar-refractivity contribution in [2.75, 3.05) is 7.11 Å². The number of esters is 1. The van der Waals surface area contributed by atoms with Gasteiger partial charge in [-0.3, -0.25) is 4.79 Å². The molecular weight excluding hydrogens is 472 g/mol. The molecule has 3 aromatic rings. The Balaban J connectivity index is 1.68. The summed E-state index contributed by atoms with van der Waals surface area (Å²) < 4.78 is 11.4. The minimum atomic E-state index is -0.535. The maximum Gasteiger partial charge on any atom is 0.343 e. The van der Waals surface area contributed by atoms with Crippen molar-refractivity contribution in [1.29, 1.82) is 0 Å². The summed E-state index contributed by atoms with van der Waals surface area (Å²) in [6, 6.07) is 18.3. The first-order valence-corrected chi connectivity index (χ1v) is 9.89. The lowest BCUT2D eigenvalue weighted by atomic mass is 10.2. The van der Waals surface area contributed by atoms with E-state index in [1.54, 1.807) is 60.7 Å². The van der Waals surface area contributed by atoms with Gasteiger partial charge in [-0.05, 0) is 76.1 Å². The van der Waals surface area contributed by atoms with E-state index in [1.165, 1.54) is 13.3 Å². The monoisotopic (exact) mass is 486 g/mol. The first kappa shape index (κ1) is 21.5. The van der Waals surface area contributed by atoms with E-state index < -0.39 is 5.97 Å². The maximum absolute atomic E-state index is 12.3. The Labute approximate surface area is 186 Å². The zero-order valence-electron chi connectivity index (χ0n) is 15.8. The molecule has 30 heavy (non-hydrogen) atoms. The second-order valence-electron chi connectivity index (χ2n) is 5.99. The van der Waals surface area contributed by atoms with Gasteiger partial charge in [0.25, 0.3) is 5.91 Å². The third-order valence-electron chi connectivity index (χ3n) is 3.97. The highest BCUT2D eigenvalue weighted by Gasteiger charge is 2.13. The first-order valence-electron chi connectivity index (χ1n) is 8.71. The lowest BCUT2D eigenvalue weighted by Crippen LogP contribution is -2.18. The van der Waals surface area contributed by atoms with E-state index in [0.29, 0.717) is 31.9 Å². The van der Waals surface area contributed by atoms with E-state index in [-0.39, 0.29) is 11.7 Å². The van der Waals surface area contributed by atoms with Crippen LogP contribution in [0.3, 0.4) is 0 Å². The van der Waals surface area contributed by atoms with Crippen LogP contribution in [0.2, 0.25) is 5.02 Å². The smallest absolute Gasteiger partial charge is 0.343 e. The highest BCUT2D eigenvalue weighted by atomic mass is 79.9. The van der Waals surface area contributed by atoms with Crippen LogP contribution in [0.1, 0.15) is 26.3 Å². The largest absolute Gasteiger partial charge is 0.493 e. The number of halogens is 2. The van der Waals surface area contributed by atoms with E-state index in [1.807, 2.05) is 6.07 Å². The highest BCUT2D eigenvalue weighted by Crippen LogP contribution is 2.28. The number of hydrogen-bond donors (Lipinski definition) is 1. The van der Waals surface area contributed by atoms with Crippen molar-refractivity contribution in [2.45, 2.75) is 0 Å². The molecule has 1 amide bonds. The number of rotatable bonds is 6. The minimum Gasteiger partial charge on any atom is -0.493 e. The summed E-state index contributed by atoms with van der Waals surface area (Å²) >= 11 is 9.16. The van der Waals surface area contributed by atoms with E-state index in [4.69, 9.17) is 21.1 Å². The number of amides is 1. The van der Waals surface area contributed by atoms with E-state index >= 15 is 0 Å². The molecule has 8 heteroatoms. The van der Waals surface area contributed by atoms with Crippen molar-refractivity contribution < 1.29 is 19.1 Å². The Morgan fingerprint density at radius 2 is 1.77 bits per heavy atom. The van der Waals surface area contributed by atoms with Crippen molar-refractivity contribution >= 4 is 45.6 Å². The van der Waals surface area contributed by atoms with Crippen molar-refractivity contribution in [3.05, 3.63) is 92.9 Å². The predicted octanol–water partition coefficient (Wildman–Crippen LogP) is 5.09. The topological polar surface area (TPSA) is 77.0 Å². The molecule has 0 saturated carbocycles. The number of methoxy groups -OCH3 is 1. The normalized spacial score (nSPS) is 10.6. The molecule has 1 N–H and O–H groups in total. The fourth-order valence-corrected chi connectivity index (χ4v) is 3.06. The van der Waals surface area contributed by atoms with Gasteiger partial charge in [0, 0.05) is 9.50 Å². The van der Waals surface area contributed by atoms with E-state index in [0.717, 1.165) is 0 Å². The molecule has 0 aromatic heterocycles. The number of benzene rings is 3. The second kappa shape index (κ2) is 10.0. The molecule has 0 heterocycles. The van der Waals surface area contributed by atoms with Gasteiger partial charge < -0.3 is 9.47 Å². The molecule has 0 radical (unpaired) electrons. The summed E-state index contributed by atoms with van der Waals surface area (Å²) in [4.78, 5) is 24.5. The van der Waals surface area contributed by atoms with Crippen LogP contribution < -0.4 is 14.9 Å². The standard InChI is InChI=1S/C22H16BrClN2O4/c1-29-20-12-14(13-25-26-21(27)17-4-2-3-5-18(17)23)6-11-19(20)30-22(28)15-7-9-16(24)10-8-15/h2-13H,1H3,(H,26,27). The lowest BCUT2D eigenvalue weighted by Gasteiger charge is -2.10. The number of nitrogens with one attached hydrogen (secondary N) is 1. The molecule has 0 unspecified atom stereocenters. The number of hydrazone groups is 1. The molecule has 152 valence electrons. The number of carbonyl (C=O) groups excluding carboxylic acids is 2. The Kier molecular flexibility index (Phi) is 7.21. The summed E-state index contributed by atoms with van der Waals surface area (Å²) in [5, 5.41) is 4.49.